The first kappa shape index (κ1) is 10.7. The van der Waals surface area contributed by atoms with Gasteiger partial charge < -0.3 is 21.1 Å². The van der Waals surface area contributed by atoms with E-state index in [-0.39, 0.29) is 0 Å². The summed E-state index contributed by atoms with van der Waals surface area (Å²) < 4.78 is 5.23. The smallest absolute Gasteiger partial charge is 0.242 e. The van der Waals surface area contributed by atoms with Crippen molar-refractivity contribution in [1.82, 2.24) is 4.98 Å². The summed E-state index contributed by atoms with van der Waals surface area (Å²) in [6.07, 6.45) is 3.22. The van der Waals surface area contributed by atoms with E-state index in [1.54, 1.807) is 18.5 Å². The number of carbonyl (C=O) groups is 1. The summed E-state index contributed by atoms with van der Waals surface area (Å²) in [6.45, 7) is 1.49. The van der Waals surface area contributed by atoms with Crippen molar-refractivity contribution in [1.29, 1.82) is 0 Å². The van der Waals surface area contributed by atoms with Crippen molar-refractivity contribution < 1.29 is 9.53 Å². The van der Waals surface area contributed by atoms with Gasteiger partial charge in [0.2, 0.25) is 5.91 Å². The van der Waals surface area contributed by atoms with E-state index in [1.165, 1.54) is 0 Å². The summed E-state index contributed by atoms with van der Waals surface area (Å²) in [5.74, 6) is -0.401. The summed E-state index contributed by atoms with van der Waals surface area (Å²) in [6, 6.07) is 1.33. The summed E-state index contributed by atoms with van der Waals surface area (Å²) in [4.78, 5) is 17.1. The lowest BCUT2D eigenvalue weighted by molar-refractivity contribution is -0.121. The van der Waals surface area contributed by atoms with Crippen molar-refractivity contribution in [2.24, 2.45) is 5.73 Å². The number of aromatic nitrogens is 1. The summed E-state index contributed by atoms with van der Waals surface area (Å²) in [5, 5.41) is 0. The number of pyridine rings is 1. The van der Waals surface area contributed by atoms with E-state index in [2.05, 4.69) is 4.98 Å². The number of morpholine rings is 1. The van der Waals surface area contributed by atoms with Crippen molar-refractivity contribution >= 4 is 17.3 Å². The minimum atomic E-state index is -0.447. The molecule has 1 fully saturated rings. The number of hydrogen-bond donors (Lipinski definition) is 2. The zero-order valence-corrected chi connectivity index (χ0v) is 8.80. The van der Waals surface area contributed by atoms with Crippen LogP contribution in [0.15, 0.2) is 18.5 Å². The number of nitrogens with zero attached hydrogens (tertiary/aromatic N) is 2. The monoisotopic (exact) mass is 222 g/mol. The third-order valence-corrected chi connectivity index (χ3v) is 2.53. The molecule has 1 aliphatic heterocycles. The van der Waals surface area contributed by atoms with Gasteiger partial charge in [0.1, 0.15) is 6.04 Å². The topological polar surface area (TPSA) is 94.5 Å². The van der Waals surface area contributed by atoms with Crippen LogP contribution in [-0.2, 0) is 9.53 Å². The lowest BCUT2D eigenvalue weighted by Gasteiger charge is -2.35. The van der Waals surface area contributed by atoms with E-state index < -0.39 is 11.9 Å². The molecule has 86 valence electrons. The molecule has 2 rings (SSSR count). The van der Waals surface area contributed by atoms with Crippen LogP contribution in [0.3, 0.4) is 0 Å². The molecule has 1 atom stereocenters. The Morgan fingerprint density at radius 2 is 2.38 bits per heavy atom. The highest BCUT2D eigenvalue weighted by atomic mass is 16.5. The van der Waals surface area contributed by atoms with Gasteiger partial charge in [-0.05, 0) is 6.07 Å². The SMILES string of the molecule is NC(=O)C1COCCN1c1cncc(N)c1. The third-order valence-electron chi connectivity index (χ3n) is 2.53. The second kappa shape index (κ2) is 4.36. The number of ether oxygens (including phenoxy) is 1. The molecule has 0 bridgehead atoms. The first-order valence-electron chi connectivity index (χ1n) is 5.02. The Morgan fingerprint density at radius 1 is 1.56 bits per heavy atom. The maximum atomic E-state index is 11.3. The van der Waals surface area contributed by atoms with Crippen LogP contribution >= 0.6 is 0 Å². The van der Waals surface area contributed by atoms with Gasteiger partial charge in [-0.1, -0.05) is 0 Å². The Hall–Kier alpha value is -1.82. The molecule has 1 amide bonds. The van der Waals surface area contributed by atoms with Crippen molar-refractivity contribution in [2.45, 2.75) is 6.04 Å². The number of hydrogen-bond acceptors (Lipinski definition) is 5. The Balaban J connectivity index is 2.26. The summed E-state index contributed by atoms with van der Waals surface area (Å²) in [5.41, 5.74) is 12.3. The highest BCUT2D eigenvalue weighted by Crippen LogP contribution is 2.20. The minimum Gasteiger partial charge on any atom is -0.397 e. The van der Waals surface area contributed by atoms with Crippen LogP contribution in [0.2, 0.25) is 0 Å². The van der Waals surface area contributed by atoms with Crippen molar-refractivity contribution in [3.8, 4) is 0 Å². The molecule has 2 heterocycles. The van der Waals surface area contributed by atoms with E-state index in [4.69, 9.17) is 16.2 Å². The van der Waals surface area contributed by atoms with Gasteiger partial charge in [-0.25, -0.2) is 0 Å². The Kier molecular flexibility index (Phi) is 2.91. The number of primary amides is 1. The molecule has 0 saturated carbocycles. The fourth-order valence-electron chi connectivity index (χ4n) is 1.75. The number of anilines is 2. The third kappa shape index (κ3) is 2.06. The molecule has 16 heavy (non-hydrogen) atoms. The molecule has 0 aliphatic carbocycles. The molecule has 6 nitrogen and oxygen atoms in total. The molecule has 0 aromatic carbocycles. The molecule has 0 spiro atoms. The number of rotatable bonds is 2. The van der Waals surface area contributed by atoms with Gasteiger partial charge in [-0.3, -0.25) is 9.78 Å². The van der Waals surface area contributed by atoms with Crippen molar-refractivity contribution in [2.75, 3.05) is 30.4 Å². The Morgan fingerprint density at radius 3 is 3.06 bits per heavy atom. The molecule has 1 saturated heterocycles. The molecule has 1 aromatic heterocycles. The van der Waals surface area contributed by atoms with Gasteiger partial charge in [0.05, 0.1) is 30.8 Å². The standard InChI is InChI=1S/C10H14N4O2/c11-7-3-8(5-13-4-7)14-1-2-16-6-9(14)10(12)15/h3-5,9H,1-2,6,11H2,(H2,12,15). The van der Waals surface area contributed by atoms with Crippen LogP contribution in [0.1, 0.15) is 0 Å². The number of amides is 1. The molecule has 6 heteroatoms. The number of nitrogen functional groups attached to an aromatic ring is 1. The average molecular weight is 222 g/mol. The largest absolute Gasteiger partial charge is 0.397 e. The fraction of sp³-hybridized carbons (Fsp3) is 0.400. The predicted molar refractivity (Wildman–Crippen MR) is 59.8 cm³/mol. The molecule has 4 N–H and O–H groups in total. The Bertz CT molecular complexity index is 396. The lowest BCUT2D eigenvalue weighted by Crippen LogP contribution is -2.52. The van der Waals surface area contributed by atoms with Crippen LogP contribution in [0.5, 0.6) is 0 Å². The molecule has 0 radical (unpaired) electrons. The quantitative estimate of drug-likeness (QED) is 0.693. The van der Waals surface area contributed by atoms with Crippen LogP contribution in [0.4, 0.5) is 11.4 Å². The van der Waals surface area contributed by atoms with Crippen LogP contribution in [0, 0.1) is 0 Å². The molecule has 1 aromatic rings. The van der Waals surface area contributed by atoms with E-state index in [1.807, 2.05) is 4.90 Å². The summed E-state index contributed by atoms with van der Waals surface area (Å²) in [7, 11) is 0. The normalized spacial score (nSPS) is 20.8. The van der Waals surface area contributed by atoms with Gasteiger partial charge >= 0.3 is 0 Å². The zero-order valence-electron chi connectivity index (χ0n) is 8.80. The van der Waals surface area contributed by atoms with Gasteiger partial charge in [-0.2, -0.15) is 0 Å². The summed E-state index contributed by atoms with van der Waals surface area (Å²) >= 11 is 0. The van der Waals surface area contributed by atoms with Crippen LogP contribution in [-0.4, -0.2) is 36.7 Å². The van der Waals surface area contributed by atoms with E-state index in [9.17, 15) is 4.79 Å². The minimum absolute atomic E-state index is 0.310. The molecule has 1 unspecified atom stereocenters. The highest BCUT2D eigenvalue weighted by Gasteiger charge is 2.27. The van der Waals surface area contributed by atoms with Gasteiger partial charge in [0.15, 0.2) is 0 Å². The van der Waals surface area contributed by atoms with Crippen LogP contribution < -0.4 is 16.4 Å². The predicted octanol–water partition coefficient (Wildman–Crippen LogP) is -0.646. The molecule has 1 aliphatic rings. The second-order valence-electron chi connectivity index (χ2n) is 3.66. The maximum Gasteiger partial charge on any atom is 0.242 e. The van der Waals surface area contributed by atoms with Gasteiger partial charge in [-0.15, -0.1) is 0 Å². The van der Waals surface area contributed by atoms with E-state index in [0.29, 0.717) is 25.4 Å². The van der Waals surface area contributed by atoms with Crippen molar-refractivity contribution in [3.05, 3.63) is 18.5 Å². The average Bonchev–Trinajstić information content (AvgIpc) is 2.29. The maximum absolute atomic E-state index is 11.3. The first-order chi connectivity index (χ1) is 7.68. The lowest BCUT2D eigenvalue weighted by atomic mass is 10.2. The van der Waals surface area contributed by atoms with Crippen LogP contribution in [0.25, 0.3) is 0 Å². The van der Waals surface area contributed by atoms with E-state index >= 15 is 0 Å². The number of nitrogens with two attached hydrogens (primary N) is 2. The zero-order chi connectivity index (χ0) is 11.5. The number of carbonyl (C=O) groups excluding carboxylic acids is 1. The second-order valence-corrected chi connectivity index (χ2v) is 3.66. The Labute approximate surface area is 93.2 Å². The van der Waals surface area contributed by atoms with E-state index in [0.717, 1.165) is 5.69 Å². The van der Waals surface area contributed by atoms with Crippen molar-refractivity contribution in [3.63, 3.8) is 0 Å². The molecular weight excluding hydrogens is 208 g/mol. The first-order valence-corrected chi connectivity index (χ1v) is 5.02. The van der Waals surface area contributed by atoms with Gasteiger partial charge in [0, 0.05) is 12.7 Å². The molecular formula is C10H14N4O2. The van der Waals surface area contributed by atoms with Gasteiger partial charge in [0.25, 0.3) is 0 Å². The highest BCUT2D eigenvalue weighted by molar-refractivity contribution is 5.84. The fourth-order valence-corrected chi connectivity index (χ4v) is 1.75.